The summed E-state index contributed by atoms with van der Waals surface area (Å²) in [6.07, 6.45) is 8.12. The van der Waals surface area contributed by atoms with Gasteiger partial charge in [0, 0.05) is 55.6 Å². The van der Waals surface area contributed by atoms with Crippen LogP contribution in [0.2, 0.25) is 0 Å². The van der Waals surface area contributed by atoms with Gasteiger partial charge < -0.3 is 20.9 Å². The third kappa shape index (κ3) is 4.46. The highest BCUT2D eigenvalue weighted by Crippen LogP contribution is 2.59. The predicted molar refractivity (Wildman–Crippen MR) is 135 cm³/mol. The summed E-state index contributed by atoms with van der Waals surface area (Å²) < 4.78 is 5.56. The number of aliphatic hydroxyl groups excluding tert-OH is 1. The second-order valence-electron chi connectivity index (χ2n) is 11.0. The van der Waals surface area contributed by atoms with Gasteiger partial charge >= 0.3 is 0 Å². The van der Waals surface area contributed by atoms with E-state index in [1.165, 1.54) is 18.5 Å². The molecule has 3 heterocycles. The summed E-state index contributed by atoms with van der Waals surface area (Å²) in [4.78, 5) is 20.0. The zero-order chi connectivity index (χ0) is 24.0. The topological polar surface area (TPSA) is 101 Å². The van der Waals surface area contributed by atoms with Crippen LogP contribution >= 0.6 is 0 Å². The summed E-state index contributed by atoms with van der Waals surface area (Å²) in [5.41, 5.74) is 10.2. The van der Waals surface area contributed by atoms with E-state index in [2.05, 4.69) is 39.5 Å². The van der Waals surface area contributed by atoms with Crippen LogP contribution in [0, 0.1) is 5.92 Å². The molecule has 6 rings (SSSR count). The van der Waals surface area contributed by atoms with E-state index in [1.807, 2.05) is 6.07 Å². The van der Waals surface area contributed by atoms with Gasteiger partial charge in [0.1, 0.15) is 5.82 Å². The maximum atomic E-state index is 12.9. The van der Waals surface area contributed by atoms with Crippen LogP contribution in [0.4, 0.5) is 5.82 Å². The highest BCUT2D eigenvalue weighted by atomic mass is 16.5. The van der Waals surface area contributed by atoms with E-state index in [1.54, 1.807) is 6.20 Å². The number of aliphatic hydroxyl groups is 1. The van der Waals surface area contributed by atoms with Crippen LogP contribution < -0.4 is 11.1 Å². The number of fused-ring (bicyclic) bond motifs is 1. The number of piperidine rings is 1. The number of nitrogen functional groups attached to an aromatic ring is 1. The Bertz CT molecular complexity index is 1080. The van der Waals surface area contributed by atoms with Gasteiger partial charge in [-0.1, -0.05) is 24.3 Å². The quantitative estimate of drug-likeness (QED) is 0.613. The number of nitrogens with zero attached hydrogens (tertiary/aromatic N) is 2. The number of benzene rings is 1. The van der Waals surface area contributed by atoms with Gasteiger partial charge in [-0.2, -0.15) is 0 Å². The van der Waals surface area contributed by atoms with Gasteiger partial charge in [-0.3, -0.25) is 9.69 Å². The number of rotatable bonds is 5. The predicted octanol–water partition coefficient (Wildman–Crippen LogP) is 3.12. The van der Waals surface area contributed by atoms with Crippen molar-refractivity contribution < 1.29 is 14.6 Å². The molecular weight excluding hydrogens is 440 g/mol. The summed E-state index contributed by atoms with van der Waals surface area (Å²) in [6, 6.07) is 11.5. The van der Waals surface area contributed by atoms with Crippen molar-refractivity contribution in [3.8, 4) is 11.1 Å². The summed E-state index contributed by atoms with van der Waals surface area (Å²) in [5.74, 6) is 0.830. The van der Waals surface area contributed by atoms with Crippen LogP contribution in [0.25, 0.3) is 11.1 Å². The third-order valence-electron chi connectivity index (χ3n) is 8.87. The highest BCUT2D eigenvalue weighted by molar-refractivity contribution is 5.99. The van der Waals surface area contributed by atoms with Gasteiger partial charge in [0.15, 0.2) is 0 Å². The van der Waals surface area contributed by atoms with Gasteiger partial charge in [-0.15, -0.1) is 0 Å². The van der Waals surface area contributed by atoms with Gasteiger partial charge in [-0.25, -0.2) is 4.98 Å². The molecule has 0 unspecified atom stereocenters. The van der Waals surface area contributed by atoms with Gasteiger partial charge in [0.25, 0.3) is 5.91 Å². The van der Waals surface area contributed by atoms with Crippen molar-refractivity contribution in [2.75, 3.05) is 32.0 Å². The number of nitrogens with one attached hydrogen (secondary N) is 1. The molecule has 2 aliphatic carbocycles. The Labute approximate surface area is 207 Å². The molecule has 2 saturated heterocycles. The zero-order valence-corrected chi connectivity index (χ0v) is 20.3. The molecule has 7 nitrogen and oxygen atoms in total. The molecule has 4 N–H and O–H groups in total. The van der Waals surface area contributed by atoms with E-state index < -0.39 is 0 Å². The second kappa shape index (κ2) is 9.19. The molecule has 0 spiro atoms. The molecule has 1 aromatic heterocycles. The fourth-order valence-corrected chi connectivity index (χ4v) is 6.59. The number of hydrogen-bond acceptors (Lipinski definition) is 6. The minimum atomic E-state index is -0.249. The third-order valence-corrected chi connectivity index (χ3v) is 8.87. The fourth-order valence-electron chi connectivity index (χ4n) is 6.59. The SMILES string of the molecule is Nc1ncc(-c2ccc([C@]34C[C@H]3CN(C3CCOCC3)C4)cc2)cc1C(=O)N[C@H]1CC[C@H](O)CC1. The molecule has 4 fully saturated rings. The summed E-state index contributed by atoms with van der Waals surface area (Å²) in [5, 5.41) is 12.8. The Morgan fingerprint density at radius 1 is 1.09 bits per heavy atom. The monoisotopic (exact) mass is 476 g/mol. The number of likely N-dealkylation sites (tertiary alicyclic amines) is 1. The number of pyridine rings is 1. The van der Waals surface area contributed by atoms with Crippen LogP contribution in [0.3, 0.4) is 0 Å². The number of nitrogens with two attached hydrogens (primary N) is 1. The average Bonchev–Trinajstić information content (AvgIpc) is 3.46. The standard InChI is InChI=1S/C28H36N4O3/c29-26-25(27(34)31-22-5-7-24(33)8-6-22)13-19(15-30-26)18-1-3-20(4-2-18)28-14-21(28)16-32(17-28)23-9-11-35-12-10-23/h1-4,13,15,21-24,33H,5-12,14,16-17H2,(H2,29,30)(H,31,34)/t21-,22-,24-,28+/m0/s1. The maximum Gasteiger partial charge on any atom is 0.255 e. The Morgan fingerprint density at radius 3 is 2.57 bits per heavy atom. The lowest BCUT2D eigenvalue weighted by molar-refractivity contribution is 0.0378. The largest absolute Gasteiger partial charge is 0.393 e. The molecule has 2 aliphatic heterocycles. The number of aromatic nitrogens is 1. The molecule has 186 valence electrons. The normalized spacial score (nSPS) is 31.2. The maximum absolute atomic E-state index is 12.9. The van der Waals surface area contributed by atoms with Crippen molar-refractivity contribution in [1.29, 1.82) is 0 Å². The molecule has 35 heavy (non-hydrogen) atoms. The Kier molecular flexibility index (Phi) is 6.03. The lowest BCUT2D eigenvalue weighted by Crippen LogP contribution is -2.40. The summed E-state index contributed by atoms with van der Waals surface area (Å²) in [6.45, 7) is 4.17. The Balaban J connectivity index is 1.15. The van der Waals surface area contributed by atoms with Crippen LogP contribution in [-0.2, 0) is 10.2 Å². The lowest BCUT2D eigenvalue weighted by atomic mass is 9.92. The molecule has 7 heteroatoms. The van der Waals surface area contributed by atoms with Crippen molar-refractivity contribution in [2.24, 2.45) is 5.92 Å². The first-order chi connectivity index (χ1) is 17.0. The molecule has 2 aromatic rings. The van der Waals surface area contributed by atoms with Crippen molar-refractivity contribution in [1.82, 2.24) is 15.2 Å². The first kappa shape index (κ1) is 23.0. The fraction of sp³-hybridized carbons (Fsp3) is 0.571. The Morgan fingerprint density at radius 2 is 1.83 bits per heavy atom. The van der Waals surface area contributed by atoms with E-state index >= 15 is 0 Å². The lowest BCUT2D eigenvalue weighted by Gasteiger charge is -2.33. The Hall–Kier alpha value is -2.48. The van der Waals surface area contributed by atoms with E-state index in [0.29, 0.717) is 17.0 Å². The molecule has 1 amide bonds. The van der Waals surface area contributed by atoms with E-state index in [9.17, 15) is 9.90 Å². The van der Waals surface area contributed by atoms with Crippen LogP contribution in [0.1, 0.15) is 60.9 Å². The number of carbonyl (C=O) groups is 1. The number of carbonyl (C=O) groups excluding carboxylic acids is 1. The minimum absolute atomic E-state index is 0.0751. The van der Waals surface area contributed by atoms with Gasteiger partial charge in [0.2, 0.25) is 0 Å². The minimum Gasteiger partial charge on any atom is -0.393 e. The molecule has 0 bridgehead atoms. The van der Waals surface area contributed by atoms with Gasteiger partial charge in [-0.05, 0) is 68.1 Å². The van der Waals surface area contributed by atoms with E-state index in [4.69, 9.17) is 10.5 Å². The molecule has 4 aliphatic rings. The smallest absolute Gasteiger partial charge is 0.255 e. The number of anilines is 1. The van der Waals surface area contributed by atoms with Gasteiger partial charge in [0.05, 0.1) is 11.7 Å². The summed E-state index contributed by atoms with van der Waals surface area (Å²) in [7, 11) is 0. The molecule has 1 aromatic carbocycles. The first-order valence-corrected chi connectivity index (χ1v) is 13.2. The van der Waals surface area contributed by atoms with Crippen molar-refractivity contribution in [3.63, 3.8) is 0 Å². The summed E-state index contributed by atoms with van der Waals surface area (Å²) >= 11 is 0. The number of ether oxygens (including phenoxy) is 1. The second-order valence-corrected chi connectivity index (χ2v) is 11.0. The van der Waals surface area contributed by atoms with Crippen LogP contribution in [0.15, 0.2) is 36.5 Å². The van der Waals surface area contributed by atoms with Crippen LogP contribution in [-0.4, -0.2) is 65.4 Å². The van der Waals surface area contributed by atoms with Crippen LogP contribution in [0.5, 0.6) is 0 Å². The first-order valence-electron chi connectivity index (χ1n) is 13.2. The highest BCUT2D eigenvalue weighted by Gasteiger charge is 2.61. The number of amides is 1. The average molecular weight is 477 g/mol. The van der Waals surface area contributed by atoms with Crippen molar-refractivity contribution in [2.45, 2.75) is 68.5 Å². The number of hydrogen-bond donors (Lipinski definition) is 3. The molecule has 0 radical (unpaired) electrons. The molecule has 2 saturated carbocycles. The zero-order valence-electron chi connectivity index (χ0n) is 20.3. The molecular formula is C28H36N4O3. The van der Waals surface area contributed by atoms with Crippen molar-refractivity contribution in [3.05, 3.63) is 47.7 Å². The van der Waals surface area contributed by atoms with E-state index in [0.717, 1.165) is 75.3 Å². The van der Waals surface area contributed by atoms with Crippen molar-refractivity contribution >= 4 is 11.7 Å². The van der Waals surface area contributed by atoms with E-state index in [-0.39, 0.29) is 23.9 Å². The molecule has 2 atom stereocenters.